The maximum absolute atomic E-state index is 5.78. The summed E-state index contributed by atoms with van der Waals surface area (Å²) in [7, 11) is 0. The molecule has 1 aliphatic carbocycles. The number of hydrogen-bond acceptors (Lipinski definition) is 4. The summed E-state index contributed by atoms with van der Waals surface area (Å²) in [4.78, 5) is 4.45. The molecular formula is C13H23N3O. The topological polar surface area (TPSA) is 64.9 Å². The fourth-order valence-corrected chi connectivity index (χ4v) is 2.21. The van der Waals surface area contributed by atoms with Gasteiger partial charge in [0.2, 0.25) is 5.89 Å². The average molecular weight is 237 g/mol. The number of rotatable bonds is 7. The summed E-state index contributed by atoms with van der Waals surface area (Å²) in [5.41, 5.74) is 5.78. The van der Waals surface area contributed by atoms with Gasteiger partial charge in [0.1, 0.15) is 0 Å². The van der Waals surface area contributed by atoms with Crippen molar-refractivity contribution in [2.75, 3.05) is 6.54 Å². The number of nitrogens with zero attached hydrogens (tertiary/aromatic N) is 2. The highest BCUT2D eigenvalue weighted by molar-refractivity contribution is 4.93. The number of hydrogen-bond donors (Lipinski definition) is 1. The first-order chi connectivity index (χ1) is 8.17. The molecule has 0 amide bonds. The van der Waals surface area contributed by atoms with Gasteiger partial charge in [-0.3, -0.25) is 0 Å². The van der Waals surface area contributed by atoms with Crippen molar-refractivity contribution in [3.8, 4) is 0 Å². The summed E-state index contributed by atoms with van der Waals surface area (Å²) in [5.74, 6) is 3.57. The molecule has 0 radical (unpaired) electrons. The average Bonchev–Trinajstić information content (AvgIpc) is 2.97. The molecule has 0 saturated heterocycles. The van der Waals surface area contributed by atoms with E-state index in [0.29, 0.717) is 18.4 Å². The van der Waals surface area contributed by atoms with E-state index in [1.54, 1.807) is 0 Å². The first-order valence-electron chi connectivity index (χ1n) is 6.69. The lowest BCUT2D eigenvalue weighted by molar-refractivity contribution is 0.329. The molecular weight excluding hydrogens is 214 g/mol. The molecule has 96 valence electrons. The van der Waals surface area contributed by atoms with E-state index in [9.17, 15) is 0 Å². The van der Waals surface area contributed by atoms with Gasteiger partial charge in [-0.15, -0.1) is 0 Å². The summed E-state index contributed by atoms with van der Waals surface area (Å²) < 4.78 is 5.29. The number of nitrogens with two attached hydrogens (primary N) is 1. The van der Waals surface area contributed by atoms with Gasteiger partial charge in [-0.25, -0.2) is 0 Å². The van der Waals surface area contributed by atoms with Crippen LogP contribution in [0.4, 0.5) is 0 Å². The fourth-order valence-electron chi connectivity index (χ4n) is 2.21. The molecule has 0 spiro atoms. The SMILES string of the molecule is CC(C)CC(CN)Cc1nc(CC2CC2)no1. The summed E-state index contributed by atoms with van der Waals surface area (Å²) in [6, 6.07) is 0. The lowest BCUT2D eigenvalue weighted by Gasteiger charge is -2.14. The van der Waals surface area contributed by atoms with Crippen LogP contribution in [0.15, 0.2) is 4.52 Å². The van der Waals surface area contributed by atoms with Gasteiger partial charge in [-0.05, 0) is 43.6 Å². The van der Waals surface area contributed by atoms with Crippen LogP contribution < -0.4 is 5.73 Å². The lowest BCUT2D eigenvalue weighted by Crippen LogP contribution is -2.19. The highest BCUT2D eigenvalue weighted by atomic mass is 16.5. The predicted molar refractivity (Wildman–Crippen MR) is 66.4 cm³/mol. The van der Waals surface area contributed by atoms with Crippen molar-refractivity contribution >= 4 is 0 Å². The van der Waals surface area contributed by atoms with Crippen LogP contribution in [0.2, 0.25) is 0 Å². The van der Waals surface area contributed by atoms with E-state index in [2.05, 4.69) is 24.0 Å². The molecule has 1 saturated carbocycles. The zero-order valence-electron chi connectivity index (χ0n) is 10.9. The summed E-state index contributed by atoms with van der Waals surface area (Å²) in [6.45, 7) is 5.13. The van der Waals surface area contributed by atoms with Gasteiger partial charge >= 0.3 is 0 Å². The Kier molecular flexibility index (Phi) is 4.15. The quantitative estimate of drug-likeness (QED) is 0.789. The smallest absolute Gasteiger partial charge is 0.226 e. The second kappa shape index (κ2) is 5.63. The number of aromatic nitrogens is 2. The summed E-state index contributed by atoms with van der Waals surface area (Å²) in [5, 5.41) is 4.04. The maximum Gasteiger partial charge on any atom is 0.226 e. The third-order valence-electron chi connectivity index (χ3n) is 3.28. The van der Waals surface area contributed by atoms with Crippen molar-refractivity contribution in [2.45, 2.75) is 46.0 Å². The first-order valence-corrected chi connectivity index (χ1v) is 6.69. The van der Waals surface area contributed by atoms with Gasteiger partial charge in [0, 0.05) is 12.8 Å². The van der Waals surface area contributed by atoms with Crippen molar-refractivity contribution in [1.82, 2.24) is 10.1 Å². The van der Waals surface area contributed by atoms with Gasteiger partial charge in [-0.1, -0.05) is 19.0 Å². The highest BCUT2D eigenvalue weighted by Crippen LogP contribution is 2.31. The highest BCUT2D eigenvalue weighted by Gasteiger charge is 2.24. The molecule has 1 atom stereocenters. The van der Waals surface area contributed by atoms with Crippen LogP contribution in [-0.2, 0) is 12.8 Å². The lowest BCUT2D eigenvalue weighted by atomic mass is 9.94. The zero-order chi connectivity index (χ0) is 12.3. The molecule has 2 N–H and O–H groups in total. The second-order valence-corrected chi connectivity index (χ2v) is 5.69. The van der Waals surface area contributed by atoms with Crippen LogP contribution in [-0.4, -0.2) is 16.7 Å². The molecule has 1 aromatic heterocycles. The second-order valence-electron chi connectivity index (χ2n) is 5.69. The molecule has 1 aliphatic rings. The normalized spacial score (nSPS) is 17.6. The molecule has 4 nitrogen and oxygen atoms in total. The Bertz CT molecular complexity index is 344. The first kappa shape index (κ1) is 12.6. The molecule has 1 heterocycles. The van der Waals surface area contributed by atoms with E-state index in [1.807, 2.05) is 0 Å². The molecule has 17 heavy (non-hydrogen) atoms. The monoisotopic (exact) mass is 237 g/mol. The Labute approximate surface area is 103 Å². The fraction of sp³-hybridized carbons (Fsp3) is 0.846. The molecule has 0 bridgehead atoms. The van der Waals surface area contributed by atoms with Crippen molar-refractivity contribution < 1.29 is 4.52 Å². The molecule has 1 fully saturated rings. The Morgan fingerprint density at radius 2 is 2.18 bits per heavy atom. The van der Waals surface area contributed by atoms with Crippen LogP contribution >= 0.6 is 0 Å². The molecule has 4 heteroatoms. The Morgan fingerprint density at radius 3 is 2.76 bits per heavy atom. The van der Waals surface area contributed by atoms with E-state index >= 15 is 0 Å². The van der Waals surface area contributed by atoms with E-state index < -0.39 is 0 Å². The van der Waals surface area contributed by atoms with Crippen LogP contribution in [0.25, 0.3) is 0 Å². The molecule has 0 aliphatic heterocycles. The molecule has 2 rings (SSSR count). The third-order valence-corrected chi connectivity index (χ3v) is 3.28. The van der Waals surface area contributed by atoms with Gasteiger partial charge < -0.3 is 10.3 Å². The minimum atomic E-state index is 0.462. The van der Waals surface area contributed by atoms with Crippen LogP contribution in [0.5, 0.6) is 0 Å². The minimum Gasteiger partial charge on any atom is -0.339 e. The van der Waals surface area contributed by atoms with Crippen LogP contribution in [0.3, 0.4) is 0 Å². The van der Waals surface area contributed by atoms with E-state index in [0.717, 1.165) is 36.9 Å². The molecule has 1 aromatic rings. The van der Waals surface area contributed by atoms with Crippen molar-refractivity contribution in [3.05, 3.63) is 11.7 Å². The standard InChI is InChI=1S/C13H23N3O/c1-9(2)5-11(8-14)7-13-15-12(16-17-13)6-10-3-4-10/h9-11H,3-8,14H2,1-2H3. The van der Waals surface area contributed by atoms with Crippen molar-refractivity contribution in [1.29, 1.82) is 0 Å². The van der Waals surface area contributed by atoms with Crippen molar-refractivity contribution in [3.63, 3.8) is 0 Å². The Hall–Kier alpha value is -0.900. The third kappa shape index (κ3) is 4.11. The van der Waals surface area contributed by atoms with Crippen molar-refractivity contribution in [2.24, 2.45) is 23.5 Å². The van der Waals surface area contributed by atoms with E-state index in [4.69, 9.17) is 10.3 Å². The molecule has 1 unspecified atom stereocenters. The largest absolute Gasteiger partial charge is 0.339 e. The predicted octanol–water partition coefficient (Wildman–Crippen LogP) is 2.19. The Morgan fingerprint density at radius 1 is 1.41 bits per heavy atom. The van der Waals surface area contributed by atoms with Gasteiger partial charge in [0.15, 0.2) is 5.82 Å². The van der Waals surface area contributed by atoms with E-state index in [1.165, 1.54) is 12.8 Å². The zero-order valence-corrected chi connectivity index (χ0v) is 10.9. The maximum atomic E-state index is 5.78. The van der Waals surface area contributed by atoms with E-state index in [-0.39, 0.29) is 0 Å². The summed E-state index contributed by atoms with van der Waals surface area (Å²) >= 11 is 0. The Balaban J connectivity index is 1.85. The van der Waals surface area contributed by atoms with Crippen LogP contribution in [0.1, 0.15) is 44.8 Å². The van der Waals surface area contributed by atoms with Gasteiger partial charge in [0.05, 0.1) is 0 Å². The van der Waals surface area contributed by atoms with Gasteiger partial charge in [0.25, 0.3) is 0 Å². The summed E-state index contributed by atoms with van der Waals surface area (Å²) in [6.07, 6.45) is 5.58. The molecule has 0 aromatic carbocycles. The minimum absolute atomic E-state index is 0.462. The van der Waals surface area contributed by atoms with Gasteiger partial charge in [-0.2, -0.15) is 4.98 Å². The van der Waals surface area contributed by atoms with Crippen LogP contribution in [0, 0.1) is 17.8 Å².